The molecule has 0 aliphatic rings. The van der Waals surface area contributed by atoms with Crippen LogP contribution in [0.15, 0.2) is 24.3 Å². The van der Waals surface area contributed by atoms with Crippen molar-refractivity contribution in [2.24, 2.45) is 0 Å². The molecule has 0 aliphatic carbocycles. The maximum absolute atomic E-state index is 6.20. The summed E-state index contributed by atoms with van der Waals surface area (Å²) in [5.74, 6) is 4.74. The number of aryl methyl sites for hydroxylation is 1. The minimum Gasteiger partial charge on any atom is -0.383 e. The van der Waals surface area contributed by atoms with Crippen LogP contribution in [0.3, 0.4) is 0 Å². The van der Waals surface area contributed by atoms with E-state index in [0.29, 0.717) is 18.3 Å². The van der Waals surface area contributed by atoms with E-state index in [2.05, 4.69) is 55.9 Å². The van der Waals surface area contributed by atoms with E-state index in [1.54, 1.807) is 0 Å². The molecule has 2 aromatic rings. The Morgan fingerprint density at radius 2 is 1.95 bits per heavy atom. The standard InChI is InChI=1S/C17H21N3/c1-5-11-20-15(6-2)19-16(17(20)18)14-9-7-13(8-10-14)12(3)4/h1,7-10,12H,6,11,18H2,2-4H3. The van der Waals surface area contributed by atoms with Gasteiger partial charge in [-0.15, -0.1) is 6.42 Å². The zero-order chi connectivity index (χ0) is 14.7. The van der Waals surface area contributed by atoms with Gasteiger partial charge in [-0.25, -0.2) is 4.98 Å². The number of aromatic nitrogens is 2. The second-order valence-corrected chi connectivity index (χ2v) is 5.18. The highest BCUT2D eigenvalue weighted by molar-refractivity contribution is 5.71. The van der Waals surface area contributed by atoms with Crippen LogP contribution >= 0.6 is 0 Å². The molecular formula is C17H21N3. The fourth-order valence-corrected chi connectivity index (χ4v) is 2.29. The van der Waals surface area contributed by atoms with Crippen LogP contribution in [0.4, 0.5) is 5.82 Å². The maximum Gasteiger partial charge on any atom is 0.132 e. The summed E-state index contributed by atoms with van der Waals surface area (Å²) in [4.78, 5) is 4.63. The van der Waals surface area contributed by atoms with Crippen LogP contribution in [0.2, 0.25) is 0 Å². The van der Waals surface area contributed by atoms with Crippen molar-refractivity contribution in [2.75, 3.05) is 5.73 Å². The topological polar surface area (TPSA) is 43.8 Å². The third-order valence-corrected chi connectivity index (χ3v) is 3.50. The molecule has 0 saturated heterocycles. The number of benzene rings is 1. The summed E-state index contributed by atoms with van der Waals surface area (Å²) in [6.45, 7) is 6.88. The summed E-state index contributed by atoms with van der Waals surface area (Å²) in [7, 11) is 0. The Kier molecular flexibility index (Phi) is 4.14. The fraction of sp³-hybridized carbons (Fsp3) is 0.353. The molecule has 0 amide bonds. The predicted molar refractivity (Wildman–Crippen MR) is 84.4 cm³/mol. The lowest BCUT2D eigenvalue weighted by atomic mass is 10.0. The Balaban J connectivity index is 2.45. The molecule has 0 aliphatic heterocycles. The van der Waals surface area contributed by atoms with Crippen LogP contribution in [0.25, 0.3) is 11.3 Å². The summed E-state index contributed by atoms with van der Waals surface area (Å²) in [5.41, 5.74) is 9.38. The highest BCUT2D eigenvalue weighted by atomic mass is 15.1. The highest BCUT2D eigenvalue weighted by Gasteiger charge is 2.14. The van der Waals surface area contributed by atoms with E-state index >= 15 is 0 Å². The lowest BCUT2D eigenvalue weighted by Gasteiger charge is -2.06. The van der Waals surface area contributed by atoms with Crippen LogP contribution < -0.4 is 5.73 Å². The number of nitrogens with zero attached hydrogens (tertiary/aromatic N) is 2. The van der Waals surface area contributed by atoms with Gasteiger partial charge in [0.2, 0.25) is 0 Å². The first-order valence-corrected chi connectivity index (χ1v) is 6.97. The quantitative estimate of drug-likeness (QED) is 0.862. The van der Waals surface area contributed by atoms with Crippen LogP contribution in [0, 0.1) is 12.3 Å². The lowest BCUT2D eigenvalue weighted by Crippen LogP contribution is -2.05. The number of anilines is 1. The van der Waals surface area contributed by atoms with Gasteiger partial charge in [0.25, 0.3) is 0 Å². The maximum atomic E-state index is 6.20. The Bertz CT molecular complexity index is 627. The van der Waals surface area contributed by atoms with Crippen molar-refractivity contribution < 1.29 is 0 Å². The zero-order valence-corrected chi connectivity index (χ0v) is 12.4. The minimum atomic E-state index is 0.464. The third-order valence-electron chi connectivity index (χ3n) is 3.50. The van der Waals surface area contributed by atoms with Crippen molar-refractivity contribution in [3.8, 4) is 23.6 Å². The van der Waals surface area contributed by atoms with Gasteiger partial charge >= 0.3 is 0 Å². The molecule has 3 nitrogen and oxygen atoms in total. The van der Waals surface area contributed by atoms with Crippen LogP contribution in [-0.2, 0) is 13.0 Å². The smallest absolute Gasteiger partial charge is 0.132 e. The number of hydrogen-bond acceptors (Lipinski definition) is 2. The van der Waals surface area contributed by atoms with E-state index in [4.69, 9.17) is 12.2 Å². The first-order chi connectivity index (χ1) is 9.58. The van der Waals surface area contributed by atoms with E-state index in [9.17, 15) is 0 Å². The molecule has 1 aromatic carbocycles. The van der Waals surface area contributed by atoms with E-state index in [0.717, 1.165) is 23.5 Å². The fourth-order valence-electron chi connectivity index (χ4n) is 2.29. The first-order valence-electron chi connectivity index (χ1n) is 6.97. The van der Waals surface area contributed by atoms with Gasteiger partial charge in [0.05, 0.1) is 6.54 Å². The second-order valence-electron chi connectivity index (χ2n) is 5.18. The number of rotatable bonds is 4. The molecule has 0 bridgehead atoms. The summed E-state index contributed by atoms with van der Waals surface area (Å²) in [6.07, 6.45) is 6.22. The van der Waals surface area contributed by atoms with Gasteiger partial charge in [0, 0.05) is 12.0 Å². The third kappa shape index (κ3) is 2.55. The normalized spacial score (nSPS) is 10.8. The largest absolute Gasteiger partial charge is 0.383 e. The molecule has 0 unspecified atom stereocenters. The average molecular weight is 267 g/mol. The molecule has 2 N–H and O–H groups in total. The van der Waals surface area contributed by atoms with Gasteiger partial charge in [0.1, 0.15) is 17.3 Å². The highest BCUT2D eigenvalue weighted by Crippen LogP contribution is 2.28. The van der Waals surface area contributed by atoms with Crippen molar-refractivity contribution in [2.45, 2.75) is 39.7 Å². The lowest BCUT2D eigenvalue weighted by molar-refractivity contribution is 0.769. The van der Waals surface area contributed by atoms with Gasteiger partial charge in [0.15, 0.2) is 0 Å². The number of nitrogen functional groups attached to an aromatic ring is 1. The monoisotopic (exact) mass is 267 g/mol. The average Bonchev–Trinajstić information content (AvgIpc) is 2.76. The van der Waals surface area contributed by atoms with E-state index in [1.165, 1.54) is 5.56 Å². The molecule has 0 spiro atoms. The summed E-state index contributed by atoms with van der Waals surface area (Å²) < 4.78 is 1.91. The zero-order valence-electron chi connectivity index (χ0n) is 12.4. The molecule has 0 radical (unpaired) electrons. The molecule has 1 heterocycles. The Hall–Kier alpha value is -2.21. The van der Waals surface area contributed by atoms with Gasteiger partial charge < -0.3 is 10.3 Å². The molecule has 2 rings (SSSR count). The van der Waals surface area contributed by atoms with Crippen LogP contribution in [-0.4, -0.2) is 9.55 Å². The van der Waals surface area contributed by atoms with E-state index in [-0.39, 0.29) is 0 Å². The number of nitrogens with two attached hydrogens (primary N) is 1. The Morgan fingerprint density at radius 1 is 1.30 bits per heavy atom. The molecule has 0 fully saturated rings. The summed E-state index contributed by atoms with van der Waals surface area (Å²) in [5, 5.41) is 0. The molecule has 104 valence electrons. The number of hydrogen-bond donors (Lipinski definition) is 1. The van der Waals surface area contributed by atoms with Gasteiger partial charge in [-0.1, -0.05) is 51.0 Å². The van der Waals surface area contributed by atoms with Crippen molar-refractivity contribution in [1.29, 1.82) is 0 Å². The van der Waals surface area contributed by atoms with Crippen molar-refractivity contribution in [1.82, 2.24) is 9.55 Å². The molecule has 1 aromatic heterocycles. The first kappa shape index (κ1) is 14.2. The van der Waals surface area contributed by atoms with Gasteiger partial charge in [-0.3, -0.25) is 0 Å². The van der Waals surface area contributed by atoms with E-state index in [1.807, 2.05) is 4.57 Å². The van der Waals surface area contributed by atoms with E-state index < -0.39 is 0 Å². The van der Waals surface area contributed by atoms with Crippen molar-refractivity contribution >= 4 is 5.82 Å². The molecule has 0 saturated carbocycles. The molecule has 20 heavy (non-hydrogen) atoms. The predicted octanol–water partition coefficient (Wildman–Crippen LogP) is 3.45. The van der Waals surface area contributed by atoms with Crippen molar-refractivity contribution in [3.63, 3.8) is 0 Å². The molecular weight excluding hydrogens is 246 g/mol. The van der Waals surface area contributed by atoms with Crippen molar-refractivity contribution in [3.05, 3.63) is 35.7 Å². The van der Waals surface area contributed by atoms with Gasteiger partial charge in [-0.2, -0.15) is 0 Å². The van der Waals surface area contributed by atoms with Crippen LogP contribution in [0.5, 0.6) is 0 Å². The minimum absolute atomic E-state index is 0.464. The molecule has 3 heteroatoms. The Morgan fingerprint density at radius 3 is 2.45 bits per heavy atom. The summed E-state index contributed by atoms with van der Waals surface area (Å²) in [6, 6.07) is 8.41. The number of imidazole rings is 1. The number of terminal acetylenes is 1. The SMILES string of the molecule is C#CCn1c(CC)nc(-c2ccc(C(C)C)cc2)c1N. The van der Waals surface area contributed by atoms with Gasteiger partial charge in [-0.05, 0) is 11.5 Å². The van der Waals surface area contributed by atoms with Crippen LogP contribution in [0.1, 0.15) is 38.1 Å². The molecule has 0 atom stereocenters. The Labute approximate surface area is 120 Å². The second kappa shape index (κ2) is 5.83. The summed E-state index contributed by atoms with van der Waals surface area (Å²) >= 11 is 0.